The minimum Gasteiger partial charge on any atom is -0.374 e. The van der Waals surface area contributed by atoms with Crippen molar-refractivity contribution in [3.8, 4) is 11.4 Å². The second-order valence-electron chi connectivity index (χ2n) is 6.78. The van der Waals surface area contributed by atoms with Crippen LogP contribution in [-0.2, 0) is 17.8 Å². The maximum Gasteiger partial charge on any atom is 0.227 e. The van der Waals surface area contributed by atoms with Crippen molar-refractivity contribution < 1.29 is 18.7 Å². The van der Waals surface area contributed by atoms with Crippen molar-refractivity contribution in [1.82, 2.24) is 30.6 Å². The van der Waals surface area contributed by atoms with Crippen LogP contribution in [0.15, 0.2) is 30.6 Å². The lowest BCUT2D eigenvalue weighted by Gasteiger charge is -2.14. The minimum absolute atomic E-state index is 0.0381. The molecule has 3 heterocycles. The van der Waals surface area contributed by atoms with Crippen LogP contribution < -0.4 is 16.0 Å². The zero-order chi connectivity index (χ0) is 22.0. The van der Waals surface area contributed by atoms with E-state index in [0.717, 1.165) is 12.1 Å². The van der Waals surface area contributed by atoms with Gasteiger partial charge in [-0.05, 0) is 19.1 Å². The summed E-state index contributed by atoms with van der Waals surface area (Å²) in [5, 5.41) is 18.7. The summed E-state index contributed by atoms with van der Waals surface area (Å²) in [7, 11) is 0. The standard InChI is InChI=1S/C20H19F2N7O2/c1-2-23-15(30)6-14-24-7-10(8-25-14)27-19-17-13(9-26-20(17)31)28-18(29-19)16-11(21)4-3-5-12(16)22/h3-5,7-8,20,26,31H,2,6,9H2,1H3,(H,23,30)(H,27,28,29). The number of hydrogen-bond acceptors (Lipinski definition) is 8. The molecule has 2 aromatic heterocycles. The molecule has 0 aliphatic carbocycles. The maximum absolute atomic E-state index is 14.3. The van der Waals surface area contributed by atoms with Gasteiger partial charge in [0.2, 0.25) is 5.91 Å². The van der Waals surface area contributed by atoms with E-state index in [1.165, 1.54) is 18.5 Å². The van der Waals surface area contributed by atoms with Gasteiger partial charge in [-0.25, -0.2) is 28.7 Å². The van der Waals surface area contributed by atoms with E-state index in [-0.39, 0.29) is 36.1 Å². The van der Waals surface area contributed by atoms with Crippen molar-refractivity contribution in [2.24, 2.45) is 0 Å². The molecule has 3 aromatic rings. The molecule has 4 rings (SSSR count). The van der Waals surface area contributed by atoms with Gasteiger partial charge in [0, 0.05) is 13.1 Å². The molecule has 1 aliphatic rings. The summed E-state index contributed by atoms with van der Waals surface area (Å²) in [6, 6.07) is 3.50. The van der Waals surface area contributed by atoms with E-state index >= 15 is 0 Å². The third kappa shape index (κ3) is 4.32. The Morgan fingerprint density at radius 2 is 1.94 bits per heavy atom. The zero-order valence-electron chi connectivity index (χ0n) is 16.5. The van der Waals surface area contributed by atoms with Crippen molar-refractivity contribution in [2.45, 2.75) is 26.1 Å². The van der Waals surface area contributed by atoms with Gasteiger partial charge in [-0.15, -0.1) is 0 Å². The van der Waals surface area contributed by atoms with E-state index in [1.54, 1.807) is 0 Å². The molecule has 160 valence electrons. The summed E-state index contributed by atoms with van der Waals surface area (Å²) in [6.45, 7) is 2.54. The average Bonchev–Trinajstić information content (AvgIpc) is 3.11. The van der Waals surface area contributed by atoms with Crippen LogP contribution in [-0.4, -0.2) is 37.5 Å². The van der Waals surface area contributed by atoms with Crippen LogP contribution >= 0.6 is 0 Å². The highest BCUT2D eigenvalue weighted by atomic mass is 19.1. The predicted molar refractivity (Wildman–Crippen MR) is 107 cm³/mol. The number of aliphatic hydroxyl groups excluding tert-OH is 1. The van der Waals surface area contributed by atoms with E-state index in [0.29, 0.717) is 29.3 Å². The largest absolute Gasteiger partial charge is 0.374 e. The van der Waals surface area contributed by atoms with Crippen LogP contribution in [0.25, 0.3) is 11.4 Å². The first-order valence-corrected chi connectivity index (χ1v) is 9.57. The summed E-state index contributed by atoms with van der Waals surface area (Å²) >= 11 is 0. The van der Waals surface area contributed by atoms with E-state index in [2.05, 4.69) is 35.9 Å². The van der Waals surface area contributed by atoms with Gasteiger partial charge < -0.3 is 15.7 Å². The summed E-state index contributed by atoms with van der Waals surface area (Å²) in [5.74, 6) is -1.43. The summed E-state index contributed by atoms with van der Waals surface area (Å²) < 4.78 is 28.5. The number of anilines is 2. The number of aliphatic hydroxyl groups is 1. The lowest BCUT2D eigenvalue weighted by molar-refractivity contribution is -0.120. The maximum atomic E-state index is 14.3. The van der Waals surface area contributed by atoms with Crippen LogP contribution in [0.5, 0.6) is 0 Å². The number of carbonyl (C=O) groups excluding carboxylic acids is 1. The lowest BCUT2D eigenvalue weighted by Crippen LogP contribution is -2.25. The molecule has 31 heavy (non-hydrogen) atoms. The van der Waals surface area contributed by atoms with E-state index < -0.39 is 17.9 Å². The third-order valence-electron chi connectivity index (χ3n) is 4.61. The van der Waals surface area contributed by atoms with Crippen LogP contribution in [0.1, 0.15) is 30.2 Å². The van der Waals surface area contributed by atoms with E-state index in [4.69, 9.17) is 0 Å². The SMILES string of the molecule is CCNC(=O)Cc1ncc(Nc2nc(-c3c(F)cccc3F)nc3c2C(O)NC3)cn1. The number of amides is 1. The second kappa shape index (κ2) is 8.66. The average molecular weight is 427 g/mol. The molecule has 0 radical (unpaired) electrons. The number of nitrogens with one attached hydrogen (secondary N) is 3. The van der Waals surface area contributed by atoms with E-state index in [9.17, 15) is 18.7 Å². The Kier molecular flexibility index (Phi) is 5.78. The van der Waals surface area contributed by atoms with Gasteiger partial charge in [0.15, 0.2) is 5.82 Å². The van der Waals surface area contributed by atoms with Crippen molar-refractivity contribution in [3.05, 3.63) is 59.3 Å². The molecule has 1 aliphatic heterocycles. The number of aromatic nitrogens is 4. The Hall–Kier alpha value is -3.57. The summed E-state index contributed by atoms with van der Waals surface area (Å²) in [6.07, 6.45) is 1.90. The van der Waals surface area contributed by atoms with Crippen molar-refractivity contribution in [2.75, 3.05) is 11.9 Å². The Balaban J connectivity index is 1.67. The van der Waals surface area contributed by atoms with Crippen molar-refractivity contribution in [3.63, 3.8) is 0 Å². The first-order valence-electron chi connectivity index (χ1n) is 9.57. The monoisotopic (exact) mass is 427 g/mol. The molecular weight excluding hydrogens is 408 g/mol. The molecule has 9 nitrogen and oxygen atoms in total. The number of carbonyl (C=O) groups is 1. The molecule has 0 fully saturated rings. The Bertz CT molecular complexity index is 1110. The topological polar surface area (TPSA) is 125 Å². The Morgan fingerprint density at radius 3 is 2.61 bits per heavy atom. The number of benzene rings is 1. The fourth-order valence-electron chi connectivity index (χ4n) is 3.20. The number of likely N-dealkylation sites (N-methyl/N-ethyl adjacent to an activating group) is 1. The quantitative estimate of drug-likeness (QED) is 0.469. The number of nitrogens with zero attached hydrogens (tertiary/aromatic N) is 4. The highest BCUT2D eigenvalue weighted by Gasteiger charge is 2.28. The first kappa shape index (κ1) is 20.7. The summed E-state index contributed by atoms with van der Waals surface area (Å²) in [5.41, 5.74) is 0.839. The number of halogens is 2. The van der Waals surface area contributed by atoms with Gasteiger partial charge >= 0.3 is 0 Å². The first-order chi connectivity index (χ1) is 15.0. The molecule has 0 spiro atoms. The molecule has 0 bridgehead atoms. The van der Waals surface area contributed by atoms with Gasteiger partial charge in [-0.3, -0.25) is 10.1 Å². The molecule has 1 amide bonds. The van der Waals surface area contributed by atoms with Gasteiger partial charge in [0.1, 0.15) is 29.5 Å². The van der Waals surface area contributed by atoms with Gasteiger partial charge in [0.05, 0.1) is 41.3 Å². The normalized spacial score (nSPS) is 14.9. The molecule has 1 unspecified atom stereocenters. The van der Waals surface area contributed by atoms with E-state index in [1.807, 2.05) is 6.92 Å². The van der Waals surface area contributed by atoms with Crippen molar-refractivity contribution in [1.29, 1.82) is 0 Å². The number of fused-ring (bicyclic) bond motifs is 1. The van der Waals surface area contributed by atoms with Crippen LogP contribution in [0.4, 0.5) is 20.3 Å². The Morgan fingerprint density at radius 1 is 1.23 bits per heavy atom. The highest BCUT2D eigenvalue weighted by molar-refractivity contribution is 5.77. The number of hydrogen-bond donors (Lipinski definition) is 4. The second-order valence-corrected chi connectivity index (χ2v) is 6.78. The van der Waals surface area contributed by atoms with Crippen LogP contribution in [0.2, 0.25) is 0 Å². The summed E-state index contributed by atoms with van der Waals surface area (Å²) in [4.78, 5) is 28.4. The third-order valence-corrected chi connectivity index (χ3v) is 4.61. The van der Waals surface area contributed by atoms with Gasteiger partial charge in [-0.1, -0.05) is 6.07 Å². The molecule has 1 atom stereocenters. The fourth-order valence-corrected chi connectivity index (χ4v) is 3.20. The lowest BCUT2D eigenvalue weighted by atomic mass is 10.1. The smallest absolute Gasteiger partial charge is 0.227 e. The van der Waals surface area contributed by atoms with Crippen molar-refractivity contribution >= 4 is 17.4 Å². The molecule has 1 aromatic carbocycles. The molecule has 0 saturated heterocycles. The van der Waals surface area contributed by atoms with Crippen LogP contribution in [0, 0.1) is 11.6 Å². The highest BCUT2D eigenvalue weighted by Crippen LogP contribution is 2.33. The van der Waals surface area contributed by atoms with Gasteiger partial charge in [-0.2, -0.15) is 0 Å². The minimum atomic E-state index is -1.05. The molecule has 11 heteroatoms. The molecular formula is C20H19F2N7O2. The molecule has 4 N–H and O–H groups in total. The predicted octanol–water partition coefficient (Wildman–Crippen LogP) is 1.73. The Labute approximate surface area is 176 Å². The fraction of sp³-hybridized carbons (Fsp3) is 0.250. The molecule has 0 saturated carbocycles. The zero-order valence-corrected chi connectivity index (χ0v) is 16.5. The number of rotatable bonds is 6. The van der Waals surface area contributed by atoms with Gasteiger partial charge in [0.25, 0.3) is 0 Å². The van der Waals surface area contributed by atoms with Crippen LogP contribution in [0.3, 0.4) is 0 Å².